The maximum absolute atomic E-state index is 12.2. The molecule has 2 heterocycles. The SMILES string of the molecule is Cc1sc(NC(=O)c2ccco2)c(C(=O)OC(C)C)c1C. The van der Waals surface area contributed by atoms with Gasteiger partial charge in [-0.05, 0) is 45.4 Å². The first-order valence-electron chi connectivity index (χ1n) is 6.56. The summed E-state index contributed by atoms with van der Waals surface area (Å²) >= 11 is 1.35. The first kappa shape index (κ1) is 15.3. The van der Waals surface area contributed by atoms with Crippen molar-refractivity contribution in [1.82, 2.24) is 0 Å². The molecule has 1 N–H and O–H groups in total. The lowest BCUT2D eigenvalue weighted by Gasteiger charge is -2.10. The Morgan fingerprint density at radius 2 is 2.05 bits per heavy atom. The van der Waals surface area contributed by atoms with Crippen LogP contribution in [0.25, 0.3) is 0 Å². The molecular weight excluding hydrogens is 290 g/mol. The number of rotatable bonds is 4. The maximum atomic E-state index is 12.2. The molecule has 1 amide bonds. The van der Waals surface area contributed by atoms with Crippen molar-refractivity contribution < 1.29 is 18.7 Å². The summed E-state index contributed by atoms with van der Waals surface area (Å²) in [5.74, 6) is -0.622. The fourth-order valence-corrected chi connectivity index (χ4v) is 2.85. The van der Waals surface area contributed by atoms with E-state index >= 15 is 0 Å². The van der Waals surface area contributed by atoms with E-state index < -0.39 is 5.97 Å². The quantitative estimate of drug-likeness (QED) is 0.873. The number of amides is 1. The highest BCUT2D eigenvalue weighted by molar-refractivity contribution is 7.16. The van der Waals surface area contributed by atoms with Crippen LogP contribution in [0.15, 0.2) is 22.8 Å². The number of furan rings is 1. The Bertz CT molecular complexity index is 656. The number of esters is 1. The molecule has 0 radical (unpaired) electrons. The van der Waals surface area contributed by atoms with Crippen molar-refractivity contribution in [3.8, 4) is 0 Å². The Morgan fingerprint density at radius 1 is 1.33 bits per heavy atom. The summed E-state index contributed by atoms with van der Waals surface area (Å²) in [4.78, 5) is 25.2. The summed E-state index contributed by atoms with van der Waals surface area (Å²) in [6, 6.07) is 3.20. The van der Waals surface area contributed by atoms with E-state index in [4.69, 9.17) is 9.15 Å². The molecule has 0 atom stereocenters. The highest BCUT2D eigenvalue weighted by Gasteiger charge is 2.23. The van der Waals surface area contributed by atoms with Gasteiger partial charge in [0.15, 0.2) is 5.76 Å². The third-order valence-corrected chi connectivity index (χ3v) is 4.03. The summed E-state index contributed by atoms with van der Waals surface area (Å²) in [5, 5.41) is 3.20. The van der Waals surface area contributed by atoms with E-state index in [9.17, 15) is 9.59 Å². The first-order valence-corrected chi connectivity index (χ1v) is 7.37. The predicted molar refractivity (Wildman–Crippen MR) is 81.0 cm³/mol. The van der Waals surface area contributed by atoms with E-state index in [0.29, 0.717) is 10.6 Å². The summed E-state index contributed by atoms with van der Waals surface area (Å²) < 4.78 is 10.3. The van der Waals surface area contributed by atoms with Crippen molar-refractivity contribution in [2.24, 2.45) is 0 Å². The third-order valence-electron chi connectivity index (χ3n) is 2.90. The lowest BCUT2D eigenvalue weighted by molar-refractivity contribution is 0.0379. The van der Waals surface area contributed by atoms with Crippen LogP contribution in [-0.4, -0.2) is 18.0 Å². The van der Waals surface area contributed by atoms with Crippen LogP contribution >= 0.6 is 11.3 Å². The topological polar surface area (TPSA) is 68.5 Å². The standard InChI is InChI=1S/C15H17NO4S/c1-8(2)20-15(18)12-9(3)10(4)21-14(12)16-13(17)11-6-5-7-19-11/h5-8H,1-4H3,(H,16,17). The van der Waals surface area contributed by atoms with Gasteiger partial charge in [-0.2, -0.15) is 0 Å². The van der Waals surface area contributed by atoms with Gasteiger partial charge in [0.1, 0.15) is 5.00 Å². The molecule has 0 saturated carbocycles. The second-order valence-electron chi connectivity index (χ2n) is 4.87. The summed E-state index contributed by atoms with van der Waals surface area (Å²) in [7, 11) is 0. The van der Waals surface area contributed by atoms with Gasteiger partial charge < -0.3 is 14.5 Å². The molecule has 2 aromatic rings. The van der Waals surface area contributed by atoms with E-state index in [2.05, 4.69) is 5.32 Å². The molecule has 0 unspecified atom stereocenters. The summed E-state index contributed by atoms with van der Waals surface area (Å²) in [6.45, 7) is 7.31. The minimum absolute atomic E-state index is 0.196. The molecule has 21 heavy (non-hydrogen) atoms. The van der Waals surface area contributed by atoms with Gasteiger partial charge in [0.05, 0.1) is 17.9 Å². The molecule has 0 aromatic carbocycles. The average Bonchev–Trinajstić information content (AvgIpc) is 2.98. The van der Waals surface area contributed by atoms with Gasteiger partial charge in [-0.1, -0.05) is 0 Å². The first-order chi connectivity index (χ1) is 9.90. The molecule has 0 aliphatic heterocycles. The normalized spacial score (nSPS) is 10.7. The van der Waals surface area contributed by atoms with Crippen LogP contribution in [0.5, 0.6) is 0 Å². The predicted octanol–water partition coefficient (Wildman–Crippen LogP) is 3.78. The van der Waals surface area contributed by atoms with Crippen LogP contribution in [0, 0.1) is 13.8 Å². The molecule has 0 aliphatic rings. The van der Waals surface area contributed by atoms with Crippen molar-refractivity contribution in [1.29, 1.82) is 0 Å². The highest BCUT2D eigenvalue weighted by Crippen LogP contribution is 2.33. The van der Waals surface area contributed by atoms with Crippen LogP contribution in [0.2, 0.25) is 0 Å². The van der Waals surface area contributed by atoms with Gasteiger partial charge in [-0.25, -0.2) is 4.79 Å². The second kappa shape index (κ2) is 6.13. The van der Waals surface area contributed by atoms with Gasteiger partial charge in [0, 0.05) is 4.88 Å². The molecule has 0 aliphatic carbocycles. The van der Waals surface area contributed by atoms with E-state index in [-0.39, 0.29) is 17.8 Å². The number of aryl methyl sites for hydroxylation is 1. The molecule has 2 aromatic heterocycles. The summed E-state index contributed by atoms with van der Waals surface area (Å²) in [6.07, 6.45) is 1.21. The van der Waals surface area contributed by atoms with Crippen molar-refractivity contribution in [3.05, 3.63) is 40.2 Å². The fourth-order valence-electron chi connectivity index (χ4n) is 1.81. The second-order valence-corrected chi connectivity index (χ2v) is 6.10. The van der Waals surface area contributed by atoms with Crippen LogP contribution in [-0.2, 0) is 4.74 Å². The highest BCUT2D eigenvalue weighted by atomic mass is 32.1. The Hall–Kier alpha value is -2.08. The number of nitrogens with one attached hydrogen (secondary N) is 1. The Balaban J connectivity index is 2.29. The number of anilines is 1. The number of hydrogen-bond donors (Lipinski definition) is 1. The number of ether oxygens (including phenoxy) is 1. The van der Waals surface area contributed by atoms with Crippen molar-refractivity contribution in [3.63, 3.8) is 0 Å². The molecule has 0 bridgehead atoms. The minimum Gasteiger partial charge on any atom is -0.459 e. The Kier molecular flexibility index (Phi) is 4.47. The van der Waals surface area contributed by atoms with Gasteiger partial charge in [0.25, 0.3) is 5.91 Å². The lowest BCUT2D eigenvalue weighted by Crippen LogP contribution is -2.16. The van der Waals surface area contributed by atoms with Crippen molar-refractivity contribution in [2.45, 2.75) is 33.8 Å². The molecule has 2 rings (SSSR count). The molecular formula is C15H17NO4S. The smallest absolute Gasteiger partial charge is 0.341 e. The zero-order chi connectivity index (χ0) is 15.6. The largest absolute Gasteiger partial charge is 0.459 e. The average molecular weight is 307 g/mol. The Morgan fingerprint density at radius 3 is 2.62 bits per heavy atom. The zero-order valence-electron chi connectivity index (χ0n) is 12.4. The van der Waals surface area contributed by atoms with Crippen molar-refractivity contribution in [2.75, 3.05) is 5.32 Å². The van der Waals surface area contributed by atoms with Crippen LogP contribution in [0.3, 0.4) is 0 Å². The number of thiophene rings is 1. The van der Waals surface area contributed by atoms with E-state index in [1.807, 2.05) is 13.8 Å². The maximum Gasteiger partial charge on any atom is 0.341 e. The van der Waals surface area contributed by atoms with Crippen LogP contribution < -0.4 is 5.32 Å². The van der Waals surface area contributed by atoms with Gasteiger partial charge in [0.2, 0.25) is 0 Å². The van der Waals surface area contributed by atoms with Gasteiger partial charge >= 0.3 is 5.97 Å². The molecule has 5 nitrogen and oxygen atoms in total. The van der Waals surface area contributed by atoms with E-state index in [1.165, 1.54) is 17.6 Å². The fraction of sp³-hybridized carbons (Fsp3) is 0.333. The molecule has 0 spiro atoms. The molecule has 0 saturated heterocycles. The van der Waals surface area contributed by atoms with E-state index in [0.717, 1.165) is 10.4 Å². The monoisotopic (exact) mass is 307 g/mol. The lowest BCUT2D eigenvalue weighted by atomic mass is 10.1. The number of hydrogen-bond acceptors (Lipinski definition) is 5. The minimum atomic E-state index is -0.429. The zero-order valence-corrected chi connectivity index (χ0v) is 13.2. The number of carbonyl (C=O) groups is 2. The van der Waals surface area contributed by atoms with Crippen molar-refractivity contribution >= 4 is 28.2 Å². The van der Waals surface area contributed by atoms with Gasteiger partial charge in [-0.3, -0.25) is 4.79 Å². The number of carbonyl (C=O) groups excluding carboxylic acids is 2. The molecule has 112 valence electrons. The summed E-state index contributed by atoms with van der Waals surface area (Å²) in [5.41, 5.74) is 1.23. The molecule has 0 fully saturated rings. The Labute approximate surface area is 126 Å². The van der Waals surface area contributed by atoms with E-state index in [1.54, 1.807) is 26.0 Å². The molecule has 6 heteroatoms. The van der Waals surface area contributed by atoms with Crippen LogP contribution in [0.1, 0.15) is 45.2 Å². The third kappa shape index (κ3) is 3.33. The van der Waals surface area contributed by atoms with Gasteiger partial charge in [-0.15, -0.1) is 11.3 Å². The van der Waals surface area contributed by atoms with Crippen LogP contribution in [0.4, 0.5) is 5.00 Å².